The van der Waals surface area contributed by atoms with Crippen LogP contribution < -0.4 is 5.56 Å². The van der Waals surface area contributed by atoms with Gasteiger partial charge in [-0.05, 0) is 45.7 Å². The van der Waals surface area contributed by atoms with E-state index in [4.69, 9.17) is 4.98 Å². The van der Waals surface area contributed by atoms with Crippen molar-refractivity contribution in [2.24, 2.45) is 0 Å². The third kappa shape index (κ3) is 3.69. The van der Waals surface area contributed by atoms with E-state index in [2.05, 4.69) is 51.8 Å². The van der Waals surface area contributed by atoms with Crippen molar-refractivity contribution >= 4 is 10.9 Å². The third-order valence-corrected chi connectivity index (χ3v) is 5.55. The standard InChI is InChI=1S/C25H22N6O/c1-2-7-23-26-22-11-6-5-10-21(22)25(32)31(23)16-17-12-14-18(15-13-17)19-8-3-4-9-20(19)24-27-29-30-28-24/h3-6,8-15H,2,7,16H2,1H3,(H,27,28,29,30). The number of fused-ring (bicyclic) bond motifs is 1. The summed E-state index contributed by atoms with van der Waals surface area (Å²) in [5.74, 6) is 1.45. The highest BCUT2D eigenvalue weighted by Crippen LogP contribution is 2.29. The van der Waals surface area contributed by atoms with Crippen LogP contribution in [-0.2, 0) is 13.0 Å². The van der Waals surface area contributed by atoms with Crippen molar-refractivity contribution in [2.75, 3.05) is 0 Å². The Balaban J connectivity index is 1.51. The van der Waals surface area contributed by atoms with E-state index in [1.165, 1.54) is 0 Å². The predicted molar refractivity (Wildman–Crippen MR) is 124 cm³/mol. The van der Waals surface area contributed by atoms with Gasteiger partial charge in [0, 0.05) is 12.0 Å². The van der Waals surface area contributed by atoms with E-state index in [1.54, 1.807) is 4.57 Å². The molecule has 0 atom stereocenters. The molecule has 0 fully saturated rings. The third-order valence-electron chi connectivity index (χ3n) is 5.55. The Bertz CT molecular complexity index is 1420. The Hall–Kier alpha value is -4.13. The minimum Gasteiger partial charge on any atom is -0.292 e. The zero-order valence-corrected chi connectivity index (χ0v) is 17.7. The van der Waals surface area contributed by atoms with Gasteiger partial charge in [-0.1, -0.05) is 67.6 Å². The Morgan fingerprint density at radius 3 is 2.41 bits per heavy atom. The van der Waals surface area contributed by atoms with Crippen LogP contribution in [0.2, 0.25) is 0 Å². The molecule has 5 aromatic rings. The van der Waals surface area contributed by atoms with Gasteiger partial charge in [0.1, 0.15) is 5.82 Å². The van der Waals surface area contributed by atoms with Crippen LogP contribution in [0.15, 0.2) is 77.6 Å². The first-order valence-corrected chi connectivity index (χ1v) is 10.7. The molecule has 7 nitrogen and oxygen atoms in total. The van der Waals surface area contributed by atoms with E-state index in [0.717, 1.165) is 46.4 Å². The second-order valence-electron chi connectivity index (χ2n) is 7.68. The van der Waals surface area contributed by atoms with Crippen molar-refractivity contribution in [1.82, 2.24) is 30.2 Å². The molecule has 0 bridgehead atoms. The van der Waals surface area contributed by atoms with Gasteiger partial charge in [0.2, 0.25) is 0 Å². The molecule has 2 aromatic heterocycles. The first-order valence-electron chi connectivity index (χ1n) is 10.7. The van der Waals surface area contributed by atoms with Crippen molar-refractivity contribution in [3.05, 3.63) is 94.5 Å². The Labute approximate surface area is 184 Å². The van der Waals surface area contributed by atoms with Gasteiger partial charge in [-0.2, -0.15) is 0 Å². The van der Waals surface area contributed by atoms with Crippen LogP contribution in [0.5, 0.6) is 0 Å². The van der Waals surface area contributed by atoms with Crippen molar-refractivity contribution < 1.29 is 0 Å². The van der Waals surface area contributed by atoms with E-state index in [-0.39, 0.29) is 5.56 Å². The molecule has 1 N–H and O–H groups in total. The molecule has 0 spiro atoms. The summed E-state index contributed by atoms with van der Waals surface area (Å²) in [6.07, 6.45) is 1.69. The molecule has 3 aromatic carbocycles. The molecule has 0 aliphatic carbocycles. The highest BCUT2D eigenvalue weighted by Gasteiger charge is 2.12. The predicted octanol–water partition coefficient (Wildman–Crippen LogP) is 4.24. The van der Waals surface area contributed by atoms with E-state index in [9.17, 15) is 4.79 Å². The van der Waals surface area contributed by atoms with Gasteiger partial charge in [0.25, 0.3) is 5.56 Å². The van der Waals surface area contributed by atoms with Gasteiger partial charge in [-0.25, -0.2) is 10.1 Å². The van der Waals surface area contributed by atoms with Gasteiger partial charge in [-0.3, -0.25) is 9.36 Å². The number of aromatic nitrogens is 6. The topological polar surface area (TPSA) is 89.3 Å². The van der Waals surface area contributed by atoms with Crippen molar-refractivity contribution in [1.29, 1.82) is 0 Å². The zero-order valence-electron chi connectivity index (χ0n) is 17.7. The Morgan fingerprint density at radius 1 is 0.906 bits per heavy atom. The number of hydrogen-bond donors (Lipinski definition) is 1. The van der Waals surface area contributed by atoms with Crippen LogP contribution in [0, 0.1) is 0 Å². The molecule has 2 heterocycles. The lowest BCUT2D eigenvalue weighted by Crippen LogP contribution is -2.26. The van der Waals surface area contributed by atoms with Crippen LogP contribution in [-0.4, -0.2) is 30.2 Å². The zero-order chi connectivity index (χ0) is 21.9. The minimum atomic E-state index is 0.00583. The Kier molecular flexibility index (Phi) is 5.29. The molecule has 0 saturated carbocycles. The van der Waals surface area contributed by atoms with Crippen LogP contribution in [0.3, 0.4) is 0 Å². The fraction of sp³-hybridized carbons (Fsp3) is 0.160. The first-order chi connectivity index (χ1) is 15.7. The minimum absolute atomic E-state index is 0.00583. The van der Waals surface area contributed by atoms with Gasteiger partial charge >= 0.3 is 0 Å². The second kappa shape index (κ2) is 8.55. The largest absolute Gasteiger partial charge is 0.292 e. The molecule has 32 heavy (non-hydrogen) atoms. The summed E-state index contributed by atoms with van der Waals surface area (Å²) in [5, 5.41) is 14.9. The molecular weight excluding hydrogens is 400 g/mol. The molecule has 0 radical (unpaired) electrons. The summed E-state index contributed by atoms with van der Waals surface area (Å²) in [6.45, 7) is 2.59. The number of aromatic amines is 1. The highest BCUT2D eigenvalue weighted by molar-refractivity contribution is 5.80. The number of benzene rings is 3. The summed E-state index contributed by atoms with van der Waals surface area (Å²) in [6, 6.07) is 23.8. The Morgan fingerprint density at radius 2 is 1.66 bits per heavy atom. The molecule has 5 rings (SSSR count). The number of nitrogens with zero attached hydrogens (tertiary/aromatic N) is 5. The van der Waals surface area contributed by atoms with Crippen LogP contribution in [0.1, 0.15) is 24.7 Å². The summed E-state index contributed by atoms with van der Waals surface area (Å²) in [5.41, 5.74) is 4.83. The maximum absolute atomic E-state index is 13.2. The summed E-state index contributed by atoms with van der Waals surface area (Å²) >= 11 is 0. The van der Waals surface area contributed by atoms with Crippen LogP contribution in [0.4, 0.5) is 0 Å². The summed E-state index contributed by atoms with van der Waals surface area (Å²) in [4.78, 5) is 18.0. The van der Waals surface area contributed by atoms with E-state index in [0.29, 0.717) is 17.8 Å². The summed E-state index contributed by atoms with van der Waals surface area (Å²) < 4.78 is 1.80. The van der Waals surface area contributed by atoms with Gasteiger partial charge < -0.3 is 0 Å². The van der Waals surface area contributed by atoms with Gasteiger partial charge in [-0.15, -0.1) is 5.10 Å². The second-order valence-corrected chi connectivity index (χ2v) is 7.68. The van der Waals surface area contributed by atoms with Crippen LogP contribution in [0.25, 0.3) is 33.4 Å². The smallest absolute Gasteiger partial charge is 0.261 e. The quantitative estimate of drug-likeness (QED) is 0.442. The number of H-pyrrole nitrogens is 1. The molecule has 0 aliphatic rings. The summed E-state index contributed by atoms with van der Waals surface area (Å²) in [7, 11) is 0. The lowest BCUT2D eigenvalue weighted by atomic mass is 9.98. The average molecular weight is 422 g/mol. The lowest BCUT2D eigenvalue weighted by molar-refractivity contribution is 0.665. The highest BCUT2D eigenvalue weighted by atomic mass is 16.1. The van der Waals surface area contributed by atoms with Crippen molar-refractivity contribution in [3.63, 3.8) is 0 Å². The van der Waals surface area contributed by atoms with Gasteiger partial charge in [0.05, 0.1) is 17.4 Å². The molecule has 7 heteroatoms. The molecule has 0 aliphatic heterocycles. The number of aryl methyl sites for hydroxylation is 1. The maximum atomic E-state index is 13.2. The lowest BCUT2D eigenvalue weighted by Gasteiger charge is -2.14. The SMILES string of the molecule is CCCc1nc2ccccc2c(=O)n1Cc1ccc(-c2ccccc2-c2nnn[nH]2)cc1. The van der Waals surface area contributed by atoms with Crippen molar-refractivity contribution in [2.45, 2.75) is 26.3 Å². The monoisotopic (exact) mass is 422 g/mol. The van der Waals surface area contributed by atoms with E-state index < -0.39 is 0 Å². The molecule has 0 amide bonds. The molecular formula is C25H22N6O. The molecule has 0 unspecified atom stereocenters. The molecule has 0 saturated heterocycles. The fourth-order valence-electron chi connectivity index (χ4n) is 3.98. The van der Waals surface area contributed by atoms with Crippen molar-refractivity contribution in [3.8, 4) is 22.5 Å². The normalized spacial score (nSPS) is 11.2. The first kappa shape index (κ1) is 19.8. The van der Waals surface area contributed by atoms with E-state index in [1.807, 2.05) is 48.5 Å². The molecule has 158 valence electrons. The number of para-hydroxylation sites is 1. The number of nitrogens with one attached hydrogen (secondary N) is 1. The maximum Gasteiger partial charge on any atom is 0.261 e. The van der Waals surface area contributed by atoms with Gasteiger partial charge in [0.15, 0.2) is 5.82 Å². The number of tetrazole rings is 1. The average Bonchev–Trinajstić information content (AvgIpc) is 3.37. The number of rotatable bonds is 6. The number of hydrogen-bond acceptors (Lipinski definition) is 5. The van der Waals surface area contributed by atoms with Crippen LogP contribution >= 0.6 is 0 Å². The van der Waals surface area contributed by atoms with E-state index >= 15 is 0 Å². The fourth-order valence-corrected chi connectivity index (χ4v) is 3.98.